The molecular formula is C20H16N2O2. The van der Waals surface area contributed by atoms with E-state index in [1.807, 2.05) is 66.7 Å². The molecule has 0 spiro atoms. The summed E-state index contributed by atoms with van der Waals surface area (Å²) in [5.41, 5.74) is 1.14. The number of aromatic nitrogens is 1. The quantitative estimate of drug-likeness (QED) is 0.807. The van der Waals surface area contributed by atoms with E-state index in [1.165, 1.54) is 0 Å². The molecule has 0 bridgehead atoms. The van der Waals surface area contributed by atoms with E-state index < -0.39 is 5.60 Å². The van der Waals surface area contributed by atoms with Gasteiger partial charge in [0.25, 0.3) is 5.91 Å². The van der Waals surface area contributed by atoms with E-state index in [0.717, 1.165) is 5.69 Å². The Labute approximate surface area is 140 Å². The molecule has 1 amide bonds. The second kappa shape index (κ2) is 5.58. The van der Waals surface area contributed by atoms with Crippen molar-refractivity contribution in [3.8, 4) is 0 Å². The van der Waals surface area contributed by atoms with Crippen LogP contribution in [0.5, 0.6) is 0 Å². The van der Waals surface area contributed by atoms with Crippen LogP contribution in [-0.2, 0) is 16.8 Å². The standard InChI is InChI=1S/C20H16N2O2/c23-19-20(24,14-15-8-6-7-13-21-15)17-11-4-5-12-18(17)22(19)16-9-2-1-3-10-16/h1-13,24H,14H2. The number of hydrogen-bond donors (Lipinski definition) is 1. The van der Waals surface area contributed by atoms with Crippen LogP contribution in [0.2, 0.25) is 0 Å². The van der Waals surface area contributed by atoms with E-state index in [9.17, 15) is 9.90 Å². The number of amides is 1. The van der Waals surface area contributed by atoms with E-state index in [-0.39, 0.29) is 12.3 Å². The largest absolute Gasteiger partial charge is 0.375 e. The summed E-state index contributed by atoms with van der Waals surface area (Å²) >= 11 is 0. The molecule has 0 saturated heterocycles. The first kappa shape index (κ1) is 14.6. The molecule has 118 valence electrons. The molecule has 0 radical (unpaired) electrons. The Morgan fingerprint density at radius 1 is 0.917 bits per heavy atom. The number of nitrogens with zero attached hydrogens (tertiary/aromatic N) is 2. The van der Waals surface area contributed by atoms with Gasteiger partial charge < -0.3 is 5.11 Å². The Morgan fingerprint density at radius 3 is 2.38 bits per heavy atom. The van der Waals surface area contributed by atoms with Gasteiger partial charge >= 0.3 is 0 Å². The maximum absolute atomic E-state index is 13.1. The molecule has 2 aromatic carbocycles. The van der Waals surface area contributed by atoms with Gasteiger partial charge in [-0.15, -0.1) is 0 Å². The van der Waals surface area contributed by atoms with Crippen molar-refractivity contribution in [2.75, 3.05) is 4.90 Å². The Balaban J connectivity index is 1.83. The number of rotatable bonds is 3. The highest BCUT2D eigenvalue weighted by atomic mass is 16.3. The lowest BCUT2D eigenvalue weighted by atomic mass is 9.90. The van der Waals surface area contributed by atoms with Gasteiger partial charge in [0.05, 0.1) is 5.69 Å². The van der Waals surface area contributed by atoms with Crippen molar-refractivity contribution in [1.82, 2.24) is 4.98 Å². The summed E-state index contributed by atoms with van der Waals surface area (Å²) in [5.74, 6) is -0.347. The summed E-state index contributed by atoms with van der Waals surface area (Å²) in [4.78, 5) is 19.0. The van der Waals surface area contributed by atoms with Gasteiger partial charge in [-0.1, -0.05) is 42.5 Å². The van der Waals surface area contributed by atoms with E-state index >= 15 is 0 Å². The number of pyridine rings is 1. The fourth-order valence-corrected chi connectivity index (χ4v) is 3.20. The molecule has 1 N–H and O–H groups in total. The molecule has 4 rings (SSSR count). The Hall–Kier alpha value is -2.98. The van der Waals surface area contributed by atoms with Crippen LogP contribution in [0.15, 0.2) is 79.0 Å². The molecule has 1 aliphatic heterocycles. The second-order valence-corrected chi connectivity index (χ2v) is 5.85. The molecular weight excluding hydrogens is 300 g/mol. The zero-order valence-electron chi connectivity index (χ0n) is 13.0. The fourth-order valence-electron chi connectivity index (χ4n) is 3.20. The molecule has 1 aromatic heterocycles. The van der Waals surface area contributed by atoms with Gasteiger partial charge in [0.1, 0.15) is 0 Å². The SMILES string of the molecule is O=C1N(c2ccccc2)c2ccccc2C1(O)Cc1ccccn1. The topological polar surface area (TPSA) is 53.4 Å². The highest BCUT2D eigenvalue weighted by Gasteiger charge is 2.50. The predicted octanol–water partition coefficient (Wildman–Crippen LogP) is 3.19. The fraction of sp³-hybridized carbons (Fsp3) is 0.100. The normalized spacial score (nSPS) is 19.4. The first-order chi connectivity index (χ1) is 11.7. The second-order valence-electron chi connectivity index (χ2n) is 5.85. The molecule has 2 heterocycles. The summed E-state index contributed by atoms with van der Waals surface area (Å²) < 4.78 is 0. The Morgan fingerprint density at radius 2 is 1.62 bits per heavy atom. The van der Waals surface area contributed by atoms with Crippen molar-refractivity contribution in [3.63, 3.8) is 0 Å². The van der Waals surface area contributed by atoms with Crippen LogP contribution in [0, 0.1) is 0 Å². The summed E-state index contributed by atoms with van der Waals surface area (Å²) in [5, 5.41) is 11.3. The number of fused-ring (bicyclic) bond motifs is 1. The molecule has 1 atom stereocenters. The lowest BCUT2D eigenvalue weighted by molar-refractivity contribution is -0.135. The van der Waals surface area contributed by atoms with E-state index in [0.29, 0.717) is 16.9 Å². The number of anilines is 2. The van der Waals surface area contributed by atoms with Crippen LogP contribution in [-0.4, -0.2) is 16.0 Å². The highest BCUT2D eigenvalue weighted by molar-refractivity contribution is 6.12. The minimum atomic E-state index is -1.61. The summed E-state index contributed by atoms with van der Waals surface area (Å²) in [6.07, 6.45) is 1.81. The van der Waals surface area contributed by atoms with E-state index in [4.69, 9.17) is 0 Å². The number of benzene rings is 2. The van der Waals surface area contributed by atoms with Gasteiger partial charge in [-0.25, -0.2) is 0 Å². The first-order valence-electron chi connectivity index (χ1n) is 7.81. The van der Waals surface area contributed by atoms with E-state index in [1.54, 1.807) is 17.2 Å². The van der Waals surface area contributed by atoms with E-state index in [2.05, 4.69) is 4.98 Å². The molecule has 0 aliphatic carbocycles. The van der Waals surface area contributed by atoms with Crippen LogP contribution in [0.25, 0.3) is 0 Å². The molecule has 4 nitrogen and oxygen atoms in total. The van der Waals surface area contributed by atoms with Crippen molar-refractivity contribution in [3.05, 3.63) is 90.3 Å². The molecule has 1 aliphatic rings. The third-order valence-electron chi connectivity index (χ3n) is 4.32. The number of carbonyl (C=O) groups excluding carboxylic acids is 1. The molecule has 4 heteroatoms. The number of carbonyl (C=O) groups is 1. The average molecular weight is 316 g/mol. The minimum absolute atomic E-state index is 0.146. The van der Waals surface area contributed by atoms with Crippen molar-refractivity contribution < 1.29 is 9.90 Å². The lowest BCUT2D eigenvalue weighted by Gasteiger charge is -2.23. The Bertz CT molecular complexity index is 880. The zero-order valence-corrected chi connectivity index (χ0v) is 13.0. The Kier molecular flexibility index (Phi) is 3.40. The summed E-state index contributed by atoms with van der Waals surface area (Å²) in [6.45, 7) is 0. The monoisotopic (exact) mass is 316 g/mol. The third kappa shape index (κ3) is 2.20. The maximum Gasteiger partial charge on any atom is 0.268 e. The maximum atomic E-state index is 13.1. The highest BCUT2D eigenvalue weighted by Crippen LogP contribution is 2.45. The van der Waals surface area contributed by atoms with Crippen LogP contribution in [0.1, 0.15) is 11.3 Å². The molecule has 24 heavy (non-hydrogen) atoms. The van der Waals surface area contributed by atoms with Crippen LogP contribution < -0.4 is 4.90 Å². The number of para-hydroxylation sites is 2. The van der Waals surface area contributed by atoms with Crippen LogP contribution >= 0.6 is 0 Å². The predicted molar refractivity (Wildman–Crippen MR) is 91.9 cm³/mol. The summed E-state index contributed by atoms with van der Waals surface area (Å²) in [7, 11) is 0. The van der Waals surface area contributed by atoms with Gasteiger partial charge in [0.2, 0.25) is 0 Å². The first-order valence-corrected chi connectivity index (χ1v) is 7.81. The van der Waals surface area contributed by atoms with Crippen LogP contribution in [0.4, 0.5) is 11.4 Å². The van der Waals surface area contributed by atoms with Gasteiger partial charge in [0.15, 0.2) is 5.60 Å². The molecule has 0 saturated carbocycles. The summed E-state index contributed by atoms with van der Waals surface area (Å²) in [6, 6.07) is 22.2. The number of aliphatic hydroxyl groups is 1. The van der Waals surface area contributed by atoms with Gasteiger partial charge in [0, 0.05) is 29.6 Å². The van der Waals surface area contributed by atoms with Crippen molar-refractivity contribution in [2.45, 2.75) is 12.0 Å². The average Bonchev–Trinajstić information content (AvgIpc) is 2.85. The van der Waals surface area contributed by atoms with Gasteiger partial charge in [-0.2, -0.15) is 0 Å². The third-order valence-corrected chi connectivity index (χ3v) is 4.32. The number of hydrogen-bond acceptors (Lipinski definition) is 3. The smallest absolute Gasteiger partial charge is 0.268 e. The molecule has 0 fully saturated rings. The molecule has 1 unspecified atom stereocenters. The van der Waals surface area contributed by atoms with Gasteiger partial charge in [-0.05, 0) is 30.3 Å². The van der Waals surface area contributed by atoms with Crippen molar-refractivity contribution in [1.29, 1.82) is 0 Å². The van der Waals surface area contributed by atoms with Crippen LogP contribution in [0.3, 0.4) is 0 Å². The zero-order chi connectivity index (χ0) is 16.6. The van der Waals surface area contributed by atoms with Crippen molar-refractivity contribution >= 4 is 17.3 Å². The minimum Gasteiger partial charge on any atom is -0.375 e. The molecule has 3 aromatic rings. The van der Waals surface area contributed by atoms with Gasteiger partial charge in [-0.3, -0.25) is 14.7 Å². The van der Waals surface area contributed by atoms with Crippen molar-refractivity contribution in [2.24, 2.45) is 0 Å². The lowest BCUT2D eigenvalue weighted by Crippen LogP contribution is -2.40.